The van der Waals surface area contributed by atoms with E-state index in [9.17, 15) is 4.79 Å². The molecular weight excluding hydrogens is 389 g/mol. The van der Waals surface area contributed by atoms with Gasteiger partial charge in [0.1, 0.15) is 0 Å². The lowest BCUT2D eigenvalue weighted by atomic mass is 10.2. The number of halogens is 3. The average molecular weight is 409 g/mol. The first-order chi connectivity index (χ1) is 10.1. The fraction of sp³-hybridized carbons (Fsp3) is 0.533. The van der Waals surface area contributed by atoms with Gasteiger partial charge in [-0.15, -0.1) is 12.4 Å². The molecular formula is C15H20BrCl2N3O. The van der Waals surface area contributed by atoms with Gasteiger partial charge in [0, 0.05) is 55.3 Å². The second-order valence-corrected chi connectivity index (χ2v) is 6.87. The van der Waals surface area contributed by atoms with Crippen LogP contribution in [0, 0.1) is 0 Å². The Labute approximate surface area is 150 Å². The molecule has 0 bridgehead atoms. The number of hydrogen-bond acceptors (Lipinski definition) is 3. The Balaban J connectivity index is 0.00000176. The van der Waals surface area contributed by atoms with Crippen LogP contribution in [0.15, 0.2) is 22.7 Å². The van der Waals surface area contributed by atoms with Crippen LogP contribution >= 0.6 is 39.9 Å². The fourth-order valence-corrected chi connectivity index (χ4v) is 3.58. The van der Waals surface area contributed by atoms with Crippen LogP contribution in [0.1, 0.15) is 16.8 Å². The van der Waals surface area contributed by atoms with Crippen molar-refractivity contribution in [3.63, 3.8) is 0 Å². The third-order valence-corrected chi connectivity index (χ3v) is 5.50. The smallest absolute Gasteiger partial charge is 0.253 e. The van der Waals surface area contributed by atoms with Gasteiger partial charge >= 0.3 is 0 Å². The topological polar surface area (TPSA) is 35.6 Å². The van der Waals surface area contributed by atoms with Crippen molar-refractivity contribution in [2.75, 3.05) is 39.3 Å². The van der Waals surface area contributed by atoms with Gasteiger partial charge in [-0.3, -0.25) is 9.69 Å². The number of rotatable bonds is 2. The maximum absolute atomic E-state index is 12.6. The van der Waals surface area contributed by atoms with Crippen LogP contribution < -0.4 is 5.32 Å². The molecule has 1 unspecified atom stereocenters. The van der Waals surface area contributed by atoms with E-state index in [2.05, 4.69) is 26.1 Å². The second kappa shape index (κ2) is 7.97. The van der Waals surface area contributed by atoms with Crippen LogP contribution in [-0.4, -0.2) is 61.0 Å². The molecule has 2 aliphatic heterocycles. The number of carbonyl (C=O) groups is 1. The molecule has 1 atom stereocenters. The van der Waals surface area contributed by atoms with Crippen molar-refractivity contribution in [3.8, 4) is 0 Å². The van der Waals surface area contributed by atoms with Crippen molar-refractivity contribution in [2.24, 2.45) is 0 Å². The summed E-state index contributed by atoms with van der Waals surface area (Å²) in [5, 5.41) is 4.00. The van der Waals surface area contributed by atoms with Gasteiger partial charge in [-0.2, -0.15) is 0 Å². The lowest BCUT2D eigenvalue weighted by molar-refractivity contribution is 0.0773. The summed E-state index contributed by atoms with van der Waals surface area (Å²) in [7, 11) is 0. The first kappa shape index (κ1) is 18.0. The van der Waals surface area contributed by atoms with Crippen LogP contribution in [0.4, 0.5) is 0 Å². The van der Waals surface area contributed by atoms with E-state index in [1.165, 1.54) is 0 Å². The minimum atomic E-state index is 0. The van der Waals surface area contributed by atoms with Gasteiger partial charge < -0.3 is 10.2 Å². The van der Waals surface area contributed by atoms with E-state index < -0.39 is 0 Å². The van der Waals surface area contributed by atoms with Crippen molar-refractivity contribution in [2.45, 2.75) is 12.5 Å². The van der Waals surface area contributed by atoms with E-state index in [1.54, 1.807) is 12.1 Å². The monoisotopic (exact) mass is 407 g/mol. The normalized spacial score (nSPS) is 22.5. The van der Waals surface area contributed by atoms with Gasteiger partial charge in [-0.25, -0.2) is 0 Å². The first-order valence-electron chi connectivity index (χ1n) is 7.34. The number of piperazine rings is 1. The van der Waals surface area contributed by atoms with Crippen LogP contribution in [0.3, 0.4) is 0 Å². The summed E-state index contributed by atoms with van der Waals surface area (Å²) in [5.41, 5.74) is 0.701. The zero-order valence-electron chi connectivity index (χ0n) is 12.2. The molecule has 22 heavy (non-hydrogen) atoms. The molecule has 1 aromatic rings. The van der Waals surface area contributed by atoms with E-state index >= 15 is 0 Å². The third-order valence-electron chi connectivity index (χ3n) is 4.29. The quantitative estimate of drug-likeness (QED) is 0.816. The van der Waals surface area contributed by atoms with Crippen molar-refractivity contribution < 1.29 is 4.79 Å². The molecule has 2 aliphatic rings. The summed E-state index contributed by atoms with van der Waals surface area (Å²) in [6, 6.07) is 5.88. The Morgan fingerprint density at radius 3 is 2.68 bits per heavy atom. The second-order valence-electron chi connectivity index (χ2n) is 5.61. The molecule has 2 fully saturated rings. The zero-order valence-corrected chi connectivity index (χ0v) is 15.4. The molecule has 0 aliphatic carbocycles. The predicted octanol–water partition coefficient (Wildman–Crippen LogP) is 2.64. The molecule has 0 aromatic heterocycles. The van der Waals surface area contributed by atoms with Gasteiger partial charge in [0.2, 0.25) is 0 Å². The largest absolute Gasteiger partial charge is 0.337 e. The van der Waals surface area contributed by atoms with Crippen LogP contribution in [0.2, 0.25) is 5.02 Å². The number of nitrogens with one attached hydrogen (secondary N) is 1. The van der Waals surface area contributed by atoms with Gasteiger partial charge in [0.25, 0.3) is 5.91 Å². The molecule has 1 N–H and O–H groups in total. The number of hydrogen-bond donors (Lipinski definition) is 1. The lowest BCUT2D eigenvalue weighted by Gasteiger charge is -2.32. The highest BCUT2D eigenvalue weighted by Crippen LogP contribution is 2.25. The van der Waals surface area contributed by atoms with E-state index in [4.69, 9.17) is 11.6 Å². The minimum absolute atomic E-state index is 0. The predicted molar refractivity (Wildman–Crippen MR) is 95.2 cm³/mol. The van der Waals surface area contributed by atoms with Crippen LogP contribution in [-0.2, 0) is 0 Å². The third kappa shape index (κ3) is 3.95. The SMILES string of the molecule is Cl.O=C(c1ccc(Cl)c(Br)c1)N1CCC(N2CCNCC2)C1. The molecule has 4 nitrogen and oxygen atoms in total. The summed E-state index contributed by atoms with van der Waals surface area (Å²) in [4.78, 5) is 17.0. The van der Waals surface area contributed by atoms with Crippen molar-refractivity contribution in [1.29, 1.82) is 0 Å². The molecule has 2 heterocycles. The molecule has 122 valence electrons. The van der Waals surface area contributed by atoms with Gasteiger partial charge in [0.05, 0.1) is 5.02 Å². The van der Waals surface area contributed by atoms with E-state index in [-0.39, 0.29) is 18.3 Å². The molecule has 3 rings (SSSR count). The Bertz CT molecular complexity index is 538. The highest BCUT2D eigenvalue weighted by molar-refractivity contribution is 9.10. The highest BCUT2D eigenvalue weighted by Gasteiger charge is 2.31. The number of nitrogens with zero attached hydrogens (tertiary/aromatic N) is 2. The van der Waals surface area contributed by atoms with Crippen molar-refractivity contribution in [1.82, 2.24) is 15.1 Å². The van der Waals surface area contributed by atoms with Gasteiger partial charge in [0.15, 0.2) is 0 Å². The molecule has 1 amide bonds. The van der Waals surface area contributed by atoms with Crippen LogP contribution in [0.5, 0.6) is 0 Å². The molecule has 1 aromatic carbocycles. The Hall–Kier alpha value is -0.330. The summed E-state index contributed by atoms with van der Waals surface area (Å²) in [6.45, 7) is 5.94. The molecule has 2 saturated heterocycles. The zero-order chi connectivity index (χ0) is 14.8. The first-order valence-corrected chi connectivity index (χ1v) is 8.51. The summed E-state index contributed by atoms with van der Waals surface area (Å²) < 4.78 is 0.771. The van der Waals surface area contributed by atoms with Gasteiger partial charge in [-0.1, -0.05) is 11.6 Å². The molecule has 7 heteroatoms. The van der Waals surface area contributed by atoms with Crippen LogP contribution in [0.25, 0.3) is 0 Å². The van der Waals surface area contributed by atoms with Crippen molar-refractivity contribution in [3.05, 3.63) is 33.3 Å². The standard InChI is InChI=1S/C15H19BrClN3O.ClH/c16-13-9-11(1-2-14(13)17)15(21)20-6-3-12(10-20)19-7-4-18-5-8-19;/h1-2,9,12,18H,3-8,10H2;1H. The Kier molecular flexibility index (Phi) is 6.53. The highest BCUT2D eigenvalue weighted by atomic mass is 79.9. The van der Waals surface area contributed by atoms with Crippen molar-refractivity contribution >= 4 is 45.8 Å². The van der Waals surface area contributed by atoms with Gasteiger partial charge in [-0.05, 0) is 40.5 Å². The Morgan fingerprint density at radius 1 is 1.27 bits per heavy atom. The molecule has 0 saturated carbocycles. The summed E-state index contributed by atoms with van der Waals surface area (Å²) in [5.74, 6) is 0.102. The van der Waals surface area contributed by atoms with E-state index in [1.807, 2.05) is 11.0 Å². The number of benzene rings is 1. The van der Waals surface area contributed by atoms with E-state index in [0.717, 1.165) is 50.2 Å². The fourth-order valence-electron chi connectivity index (χ4n) is 3.08. The number of likely N-dealkylation sites (tertiary alicyclic amines) is 1. The molecule has 0 radical (unpaired) electrons. The molecule has 0 spiro atoms. The number of carbonyl (C=O) groups excluding carboxylic acids is 1. The maximum Gasteiger partial charge on any atom is 0.253 e. The Morgan fingerprint density at radius 2 is 2.00 bits per heavy atom. The lowest BCUT2D eigenvalue weighted by Crippen LogP contribution is -2.49. The summed E-state index contributed by atoms with van der Waals surface area (Å²) >= 11 is 9.36. The number of amides is 1. The average Bonchev–Trinajstić information content (AvgIpc) is 3.00. The minimum Gasteiger partial charge on any atom is -0.337 e. The van der Waals surface area contributed by atoms with E-state index in [0.29, 0.717) is 16.6 Å². The summed E-state index contributed by atoms with van der Waals surface area (Å²) in [6.07, 6.45) is 1.07. The maximum atomic E-state index is 12.6.